The molecule has 37 heavy (non-hydrogen) atoms. The van der Waals surface area contributed by atoms with Gasteiger partial charge in [0.05, 0.1) is 11.9 Å². The van der Waals surface area contributed by atoms with Gasteiger partial charge in [-0.2, -0.15) is 0 Å². The quantitative estimate of drug-likeness (QED) is 0.418. The summed E-state index contributed by atoms with van der Waals surface area (Å²) in [6.45, 7) is 3.30. The molecule has 196 valence electrons. The van der Waals surface area contributed by atoms with Crippen molar-refractivity contribution >= 4 is 39.1 Å². The molecule has 3 aromatic rings. The van der Waals surface area contributed by atoms with Crippen molar-refractivity contribution in [2.45, 2.75) is 32.9 Å². The first kappa shape index (κ1) is 28.2. The molecule has 2 amide bonds. The summed E-state index contributed by atoms with van der Waals surface area (Å²) < 4.78 is 26.7. The van der Waals surface area contributed by atoms with E-state index in [-0.39, 0.29) is 18.9 Å². The van der Waals surface area contributed by atoms with Gasteiger partial charge in [0.25, 0.3) is 0 Å². The van der Waals surface area contributed by atoms with Gasteiger partial charge in [0.1, 0.15) is 12.6 Å². The molecule has 3 aromatic carbocycles. The predicted octanol–water partition coefficient (Wildman–Crippen LogP) is 4.11. The number of nitrogens with zero attached hydrogens (tertiary/aromatic N) is 2. The van der Waals surface area contributed by atoms with Crippen LogP contribution in [0.15, 0.2) is 72.8 Å². The number of hydrogen-bond acceptors (Lipinski definition) is 4. The smallest absolute Gasteiger partial charge is 0.244 e. The first-order valence-corrected chi connectivity index (χ1v) is 14.1. The van der Waals surface area contributed by atoms with Gasteiger partial charge >= 0.3 is 0 Å². The number of amides is 2. The van der Waals surface area contributed by atoms with E-state index in [4.69, 9.17) is 11.6 Å². The highest BCUT2D eigenvalue weighted by molar-refractivity contribution is 7.92. The topological polar surface area (TPSA) is 86.8 Å². The Morgan fingerprint density at radius 3 is 2.11 bits per heavy atom. The van der Waals surface area contributed by atoms with Crippen LogP contribution in [0.3, 0.4) is 0 Å². The molecule has 9 heteroatoms. The van der Waals surface area contributed by atoms with E-state index in [0.29, 0.717) is 16.3 Å². The van der Waals surface area contributed by atoms with Gasteiger partial charge in [-0.3, -0.25) is 13.9 Å². The van der Waals surface area contributed by atoms with Gasteiger partial charge in [0, 0.05) is 25.0 Å². The highest BCUT2D eigenvalue weighted by Crippen LogP contribution is 2.24. The lowest BCUT2D eigenvalue weighted by atomic mass is 10.0. The zero-order valence-electron chi connectivity index (χ0n) is 21.4. The van der Waals surface area contributed by atoms with E-state index in [9.17, 15) is 18.0 Å². The number of sulfonamides is 1. The van der Waals surface area contributed by atoms with Gasteiger partial charge in [-0.05, 0) is 54.3 Å². The maximum atomic E-state index is 13.9. The summed E-state index contributed by atoms with van der Waals surface area (Å²) in [4.78, 5) is 28.4. The Hall–Kier alpha value is -3.36. The predicted molar refractivity (Wildman–Crippen MR) is 148 cm³/mol. The van der Waals surface area contributed by atoms with Crippen molar-refractivity contribution in [1.29, 1.82) is 0 Å². The molecule has 1 N–H and O–H groups in total. The minimum Gasteiger partial charge on any atom is -0.357 e. The maximum absolute atomic E-state index is 13.9. The standard InChI is InChI=1S/C28H32ClN3O4S/c1-20-14-21(2)16-24(15-20)32(37(4,35)36)19-27(33)31(18-23-12-8-9-13-25(23)29)26(28(34)30-3)17-22-10-6-5-7-11-22/h5-16,26H,17-19H2,1-4H3,(H,30,34)/t26-/m1/s1. The molecule has 0 aliphatic carbocycles. The van der Waals surface area contributed by atoms with Crippen LogP contribution >= 0.6 is 11.6 Å². The number of rotatable bonds is 10. The molecule has 3 rings (SSSR count). The van der Waals surface area contributed by atoms with Gasteiger partial charge in [-0.15, -0.1) is 0 Å². The number of halogens is 1. The van der Waals surface area contributed by atoms with Gasteiger partial charge in [-0.25, -0.2) is 8.42 Å². The molecule has 0 saturated carbocycles. The van der Waals surface area contributed by atoms with Crippen LogP contribution in [-0.2, 0) is 32.6 Å². The molecule has 0 bridgehead atoms. The van der Waals surface area contributed by atoms with E-state index in [1.807, 2.05) is 50.2 Å². The highest BCUT2D eigenvalue weighted by atomic mass is 35.5. The summed E-state index contributed by atoms with van der Waals surface area (Å²) in [5.74, 6) is -0.879. The molecule has 0 spiro atoms. The minimum atomic E-state index is -3.81. The number of likely N-dealkylation sites (N-methyl/N-ethyl adjacent to an activating group) is 1. The van der Waals surface area contributed by atoms with Crippen molar-refractivity contribution in [3.63, 3.8) is 0 Å². The van der Waals surface area contributed by atoms with E-state index in [2.05, 4.69) is 5.32 Å². The third-order valence-electron chi connectivity index (χ3n) is 5.99. The van der Waals surface area contributed by atoms with Crippen molar-refractivity contribution < 1.29 is 18.0 Å². The fourth-order valence-electron chi connectivity index (χ4n) is 4.24. The lowest BCUT2D eigenvalue weighted by Gasteiger charge is -2.33. The van der Waals surface area contributed by atoms with Crippen LogP contribution < -0.4 is 9.62 Å². The minimum absolute atomic E-state index is 0.0356. The molecule has 0 aromatic heterocycles. The Labute approximate surface area is 224 Å². The number of hydrogen-bond donors (Lipinski definition) is 1. The van der Waals surface area contributed by atoms with E-state index in [1.54, 1.807) is 36.4 Å². The monoisotopic (exact) mass is 541 g/mol. The summed E-state index contributed by atoms with van der Waals surface area (Å²) in [5, 5.41) is 3.10. The Kier molecular flexibility index (Phi) is 9.34. The molecule has 7 nitrogen and oxygen atoms in total. The zero-order chi connectivity index (χ0) is 27.2. The molecule has 0 unspecified atom stereocenters. The Bertz CT molecular complexity index is 1340. The number of carbonyl (C=O) groups excluding carboxylic acids is 2. The lowest BCUT2D eigenvalue weighted by molar-refractivity contribution is -0.139. The highest BCUT2D eigenvalue weighted by Gasteiger charge is 2.33. The van der Waals surface area contributed by atoms with Crippen LogP contribution in [-0.4, -0.2) is 51.0 Å². The summed E-state index contributed by atoms with van der Waals surface area (Å²) in [6.07, 6.45) is 1.32. The van der Waals surface area contributed by atoms with Gasteiger partial charge in [0.15, 0.2) is 0 Å². The normalized spacial score (nSPS) is 12.0. The summed E-state index contributed by atoms with van der Waals surface area (Å²) in [5.41, 5.74) is 3.65. The second-order valence-corrected chi connectivity index (χ2v) is 11.4. The van der Waals surface area contributed by atoms with Crippen LogP contribution in [0, 0.1) is 13.8 Å². The summed E-state index contributed by atoms with van der Waals surface area (Å²) in [7, 11) is -2.30. The molecule has 0 saturated heterocycles. The number of carbonyl (C=O) groups is 2. The second-order valence-electron chi connectivity index (χ2n) is 9.05. The van der Waals surface area contributed by atoms with Crippen LogP contribution in [0.4, 0.5) is 5.69 Å². The van der Waals surface area contributed by atoms with E-state index in [1.165, 1.54) is 11.9 Å². The molecular weight excluding hydrogens is 510 g/mol. The van der Waals surface area contributed by atoms with E-state index < -0.39 is 28.5 Å². The van der Waals surface area contributed by atoms with Crippen molar-refractivity contribution in [3.05, 3.63) is 100 Å². The molecule has 0 fully saturated rings. The molecular formula is C28H32ClN3O4S. The van der Waals surface area contributed by atoms with Gasteiger partial charge < -0.3 is 10.2 Å². The first-order chi connectivity index (χ1) is 17.5. The van der Waals surface area contributed by atoms with Crippen LogP contribution in [0.1, 0.15) is 22.3 Å². The zero-order valence-corrected chi connectivity index (χ0v) is 23.0. The van der Waals surface area contributed by atoms with Crippen LogP contribution in [0.5, 0.6) is 0 Å². The van der Waals surface area contributed by atoms with Crippen LogP contribution in [0.2, 0.25) is 5.02 Å². The fourth-order valence-corrected chi connectivity index (χ4v) is 5.27. The third kappa shape index (κ3) is 7.57. The number of anilines is 1. The van der Waals surface area contributed by atoms with Gasteiger partial charge in [-0.1, -0.05) is 66.2 Å². The van der Waals surface area contributed by atoms with Gasteiger partial charge in [0.2, 0.25) is 21.8 Å². The number of nitrogens with one attached hydrogen (secondary N) is 1. The maximum Gasteiger partial charge on any atom is 0.244 e. The lowest BCUT2D eigenvalue weighted by Crippen LogP contribution is -2.52. The van der Waals surface area contributed by atoms with Crippen LogP contribution in [0.25, 0.3) is 0 Å². The first-order valence-electron chi connectivity index (χ1n) is 11.8. The SMILES string of the molecule is CNC(=O)[C@@H](Cc1ccccc1)N(Cc1ccccc1Cl)C(=O)CN(c1cc(C)cc(C)c1)S(C)(=O)=O. The molecule has 0 aliphatic rings. The summed E-state index contributed by atoms with van der Waals surface area (Å²) >= 11 is 6.42. The van der Waals surface area contributed by atoms with E-state index >= 15 is 0 Å². The number of aryl methyl sites for hydroxylation is 2. The third-order valence-corrected chi connectivity index (χ3v) is 7.50. The largest absolute Gasteiger partial charge is 0.357 e. The summed E-state index contributed by atoms with van der Waals surface area (Å²) in [6, 6.07) is 20.9. The molecule has 1 atom stereocenters. The number of benzene rings is 3. The molecule has 0 aliphatic heterocycles. The Balaban J connectivity index is 2.06. The van der Waals surface area contributed by atoms with Crippen molar-refractivity contribution in [3.8, 4) is 0 Å². The second kappa shape index (κ2) is 12.3. The molecule has 0 heterocycles. The average Bonchev–Trinajstić information content (AvgIpc) is 2.84. The van der Waals surface area contributed by atoms with E-state index in [0.717, 1.165) is 27.3 Å². The molecule has 0 radical (unpaired) electrons. The Morgan fingerprint density at radius 2 is 1.54 bits per heavy atom. The Morgan fingerprint density at radius 1 is 0.946 bits per heavy atom. The van der Waals surface area contributed by atoms with Crippen molar-refractivity contribution in [2.24, 2.45) is 0 Å². The van der Waals surface area contributed by atoms with Crippen molar-refractivity contribution in [1.82, 2.24) is 10.2 Å². The average molecular weight is 542 g/mol. The fraction of sp³-hybridized carbons (Fsp3) is 0.286. The van der Waals surface area contributed by atoms with Crippen molar-refractivity contribution in [2.75, 3.05) is 24.2 Å².